The Morgan fingerprint density at radius 3 is 1.10 bits per heavy atom. The summed E-state index contributed by atoms with van der Waals surface area (Å²) in [4.78, 5) is 0. The third-order valence-corrected chi connectivity index (χ3v) is 18.0. The van der Waals surface area contributed by atoms with Crippen molar-refractivity contribution in [1.29, 1.82) is 0 Å². The summed E-state index contributed by atoms with van der Waals surface area (Å²) in [5.74, 6) is 0. The van der Waals surface area contributed by atoms with Crippen LogP contribution in [0.3, 0.4) is 0 Å². The van der Waals surface area contributed by atoms with E-state index in [1.54, 1.807) is 22.8 Å². The van der Waals surface area contributed by atoms with E-state index < -0.39 is 34.2 Å². The van der Waals surface area contributed by atoms with Gasteiger partial charge in [-0.05, 0) is 49.0 Å². The van der Waals surface area contributed by atoms with Crippen molar-refractivity contribution in [3.63, 3.8) is 0 Å². The van der Waals surface area contributed by atoms with E-state index in [2.05, 4.69) is 26.3 Å². The average Bonchev–Trinajstić information content (AvgIpc) is 2.33. The zero-order valence-electron chi connectivity index (χ0n) is 12.8. The zero-order chi connectivity index (χ0) is 15.7. The van der Waals surface area contributed by atoms with E-state index in [9.17, 15) is 0 Å². The van der Waals surface area contributed by atoms with E-state index in [4.69, 9.17) is 16.5 Å². The van der Waals surface area contributed by atoms with Crippen LogP contribution in [-0.2, 0) is 16.5 Å². The maximum Gasteiger partial charge on any atom is 0.373 e. The van der Waals surface area contributed by atoms with Crippen LogP contribution in [0.2, 0.25) is 26.2 Å². The second-order valence-electron chi connectivity index (χ2n) is 5.47. The fraction of sp³-hybridized carbons (Fsp3) is 0.333. The first kappa shape index (κ1) is 17.7. The SMILES string of the molecule is C=C[Si]1(C=C)O[Si](C)(C)O[Si](C)(C)O[Si](C=C)(C=C)O1. The van der Waals surface area contributed by atoms with Crippen LogP contribution in [0.5, 0.6) is 0 Å². The molecule has 0 aromatic rings. The predicted molar refractivity (Wildman–Crippen MR) is 91.6 cm³/mol. The normalized spacial score (nSPS) is 26.6. The molecule has 0 amide bonds. The zero-order valence-corrected chi connectivity index (χ0v) is 16.8. The second-order valence-corrected chi connectivity index (χ2v) is 18.9. The Balaban J connectivity index is 3.35. The van der Waals surface area contributed by atoms with Crippen LogP contribution in [-0.4, -0.2) is 34.2 Å². The van der Waals surface area contributed by atoms with Gasteiger partial charge in [0, 0.05) is 0 Å². The fourth-order valence-corrected chi connectivity index (χ4v) is 20.2. The highest BCUT2D eigenvalue weighted by atomic mass is 28.5. The molecule has 1 aliphatic heterocycles. The summed E-state index contributed by atoms with van der Waals surface area (Å²) in [6, 6.07) is 0. The Bertz CT molecular complexity index is 379. The summed E-state index contributed by atoms with van der Waals surface area (Å²) in [7, 11) is -10.4. The van der Waals surface area contributed by atoms with Crippen LogP contribution in [0, 0.1) is 0 Å². The number of rotatable bonds is 4. The van der Waals surface area contributed by atoms with Gasteiger partial charge in [-0.2, -0.15) is 0 Å². The molecule has 0 spiro atoms. The summed E-state index contributed by atoms with van der Waals surface area (Å²) >= 11 is 0. The van der Waals surface area contributed by atoms with Crippen LogP contribution in [0.4, 0.5) is 0 Å². The smallest absolute Gasteiger partial charge is 0.373 e. The molecule has 8 heteroatoms. The molecule has 0 saturated carbocycles. The summed E-state index contributed by atoms with van der Waals surface area (Å²) in [5.41, 5.74) is 6.82. The van der Waals surface area contributed by atoms with E-state index in [0.717, 1.165) is 0 Å². The number of hydrogen-bond acceptors (Lipinski definition) is 4. The maximum absolute atomic E-state index is 6.29. The highest BCUT2D eigenvalue weighted by Gasteiger charge is 2.54. The van der Waals surface area contributed by atoms with Gasteiger partial charge in [0.05, 0.1) is 0 Å². The molecule has 0 N–H and O–H groups in total. The van der Waals surface area contributed by atoms with E-state index in [1.807, 2.05) is 26.2 Å². The van der Waals surface area contributed by atoms with E-state index >= 15 is 0 Å². The van der Waals surface area contributed by atoms with Crippen molar-refractivity contribution in [2.75, 3.05) is 0 Å². The lowest BCUT2D eigenvalue weighted by atomic mass is 11.2. The van der Waals surface area contributed by atoms with Crippen molar-refractivity contribution in [1.82, 2.24) is 0 Å². The van der Waals surface area contributed by atoms with Crippen molar-refractivity contribution < 1.29 is 16.5 Å². The molecular weight excluding hydrogens is 320 g/mol. The lowest BCUT2D eigenvalue weighted by Crippen LogP contribution is -2.65. The highest BCUT2D eigenvalue weighted by molar-refractivity contribution is 6.99. The largest absolute Gasteiger partial charge is 0.416 e. The summed E-state index contributed by atoms with van der Waals surface area (Å²) in [6.45, 7) is 23.4. The van der Waals surface area contributed by atoms with Gasteiger partial charge in [0.15, 0.2) is 0 Å². The van der Waals surface area contributed by atoms with Crippen molar-refractivity contribution >= 4 is 34.2 Å². The topological polar surface area (TPSA) is 36.9 Å². The van der Waals surface area contributed by atoms with Gasteiger partial charge < -0.3 is 16.5 Å². The molecule has 112 valence electrons. The molecule has 0 unspecified atom stereocenters. The molecule has 1 saturated heterocycles. The highest BCUT2D eigenvalue weighted by Crippen LogP contribution is 2.32. The molecule has 0 atom stereocenters. The minimum Gasteiger partial charge on any atom is -0.416 e. The minimum absolute atomic E-state index is 1.70. The van der Waals surface area contributed by atoms with Gasteiger partial charge in [-0.25, -0.2) is 0 Å². The van der Waals surface area contributed by atoms with Gasteiger partial charge in [0.2, 0.25) is 0 Å². The third-order valence-electron chi connectivity index (χ3n) is 2.76. The standard InChI is InChI=1S/C12H24O4Si4/c1-9-19(10-2)14-17(5,6)13-18(7,8)15-20(11-3,12-4)16-19/h9-12H,1-4H2,5-8H3. The predicted octanol–water partition coefficient (Wildman–Crippen LogP) is 3.26. The molecule has 1 rings (SSSR count). The molecule has 0 radical (unpaired) electrons. The van der Waals surface area contributed by atoms with Crippen molar-refractivity contribution in [3.8, 4) is 0 Å². The minimum atomic E-state index is -2.81. The molecule has 0 aliphatic carbocycles. The lowest BCUT2D eigenvalue weighted by Gasteiger charge is -2.46. The van der Waals surface area contributed by atoms with E-state index in [-0.39, 0.29) is 0 Å². The summed E-state index contributed by atoms with van der Waals surface area (Å²) in [5, 5.41) is 0. The molecule has 1 heterocycles. The van der Waals surface area contributed by atoms with E-state index in [1.165, 1.54) is 0 Å². The Hall–Kier alpha value is -0.332. The Kier molecular flexibility index (Phi) is 5.15. The summed E-state index contributed by atoms with van der Waals surface area (Å²) in [6.07, 6.45) is 0. The molecular formula is C12H24O4Si4. The quantitative estimate of drug-likeness (QED) is 0.734. The first-order valence-corrected chi connectivity index (χ1v) is 16.0. The molecule has 0 bridgehead atoms. The number of hydrogen-bond donors (Lipinski definition) is 0. The van der Waals surface area contributed by atoms with Gasteiger partial charge in [0.25, 0.3) is 0 Å². The molecule has 4 nitrogen and oxygen atoms in total. The van der Waals surface area contributed by atoms with Gasteiger partial charge in [0.1, 0.15) is 0 Å². The first-order chi connectivity index (χ1) is 9.07. The van der Waals surface area contributed by atoms with Crippen molar-refractivity contribution in [2.24, 2.45) is 0 Å². The fourth-order valence-electron chi connectivity index (χ4n) is 2.19. The Morgan fingerprint density at radius 1 is 0.550 bits per heavy atom. The second kappa shape index (κ2) is 5.81. The van der Waals surface area contributed by atoms with Crippen LogP contribution < -0.4 is 0 Å². The van der Waals surface area contributed by atoms with Gasteiger partial charge in [-0.3, -0.25) is 0 Å². The molecule has 1 aliphatic rings. The molecule has 1 fully saturated rings. The van der Waals surface area contributed by atoms with Gasteiger partial charge >= 0.3 is 34.2 Å². The monoisotopic (exact) mass is 344 g/mol. The molecule has 0 aromatic carbocycles. The van der Waals surface area contributed by atoms with Crippen molar-refractivity contribution in [2.45, 2.75) is 26.2 Å². The lowest BCUT2D eigenvalue weighted by molar-refractivity contribution is 0.250. The molecule has 20 heavy (non-hydrogen) atoms. The van der Waals surface area contributed by atoms with Gasteiger partial charge in [-0.15, -0.1) is 26.3 Å². The first-order valence-electron chi connectivity index (χ1n) is 6.42. The van der Waals surface area contributed by atoms with Crippen LogP contribution in [0.1, 0.15) is 0 Å². The van der Waals surface area contributed by atoms with Crippen LogP contribution in [0.25, 0.3) is 0 Å². The Morgan fingerprint density at radius 2 is 0.850 bits per heavy atom. The Labute approximate surface area is 126 Å². The van der Waals surface area contributed by atoms with Gasteiger partial charge in [-0.1, -0.05) is 0 Å². The van der Waals surface area contributed by atoms with Crippen LogP contribution >= 0.6 is 0 Å². The third kappa shape index (κ3) is 3.86. The van der Waals surface area contributed by atoms with Crippen molar-refractivity contribution in [3.05, 3.63) is 49.1 Å². The summed E-state index contributed by atoms with van der Waals surface area (Å²) < 4.78 is 25.0. The molecule has 0 aromatic heterocycles. The average molecular weight is 345 g/mol. The van der Waals surface area contributed by atoms with E-state index in [0.29, 0.717) is 0 Å². The maximum atomic E-state index is 6.29. The van der Waals surface area contributed by atoms with Crippen LogP contribution in [0.15, 0.2) is 49.1 Å².